The molecule has 4 aromatic rings. The molecule has 0 fully saturated rings. The van der Waals surface area contributed by atoms with Crippen molar-refractivity contribution in [2.45, 2.75) is 37.4 Å². The number of halogens is 1. The smallest absolute Gasteiger partial charge is 0.366 e. The Kier molecular flexibility index (Phi) is 8.35. The molecule has 0 radical (unpaired) electrons. The summed E-state index contributed by atoms with van der Waals surface area (Å²) in [5, 5.41) is 0.983. The number of benzene rings is 3. The van der Waals surface area contributed by atoms with Crippen molar-refractivity contribution >= 4 is 45.8 Å². The monoisotopic (exact) mass is 667 g/mol. The number of thioether (sulfide) groups is 1. The molecule has 2 aliphatic rings. The predicted molar refractivity (Wildman–Crippen MR) is 157 cm³/mol. The van der Waals surface area contributed by atoms with Crippen LogP contribution in [0, 0.1) is 0 Å². The molecule has 0 spiro atoms. The van der Waals surface area contributed by atoms with Crippen molar-refractivity contribution in [1.82, 2.24) is 4.57 Å². The van der Waals surface area contributed by atoms with Crippen molar-refractivity contribution in [2.75, 3.05) is 18.5 Å². The number of para-hydroxylation sites is 1. The molecular weight excluding hydrogens is 637 g/mol. The Labute approximate surface area is 253 Å². The molecule has 6 rings (SSSR count). The highest BCUT2D eigenvalue weighted by molar-refractivity contribution is 8.08. The first-order chi connectivity index (χ1) is 18.6. The van der Waals surface area contributed by atoms with Crippen LogP contribution in [-0.2, 0) is 11.3 Å². The molecule has 200 valence electrons. The molecule has 3 aromatic carbocycles. The van der Waals surface area contributed by atoms with Gasteiger partial charge >= 0.3 is 5.90 Å². The van der Waals surface area contributed by atoms with Gasteiger partial charge in [-0.25, -0.2) is 0 Å². The third-order valence-electron chi connectivity index (χ3n) is 7.17. The van der Waals surface area contributed by atoms with E-state index in [9.17, 15) is 4.79 Å². The van der Waals surface area contributed by atoms with Gasteiger partial charge in [-0.05, 0) is 31.5 Å². The molecule has 0 N–H and O–H groups in total. The topological polar surface area (TPSA) is 37.5 Å². The van der Waals surface area contributed by atoms with Gasteiger partial charge < -0.3 is 33.6 Å². The highest BCUT2D eigenvalue weighted by Crippen LogP contribution is 2.45. The van der Waals surface area contributed by atoms with Crippen LogP contribution >= 0.6 is 23.1 Å². The van der Waals surface area contributed by atoms with Gasteiger partial charge in [-0.15, -0.1) is 11.3 Å². The minimum atomic E-state index is -0.147. The number of anilines is 1. The van der Waals surface area contributed by atoms with Gasteiger partial charge in [0.05, 0.1) is 11.8 Å². The first-order valence-electron chi connectivity index (χ1n) is 13.0. The highest BCUT2D eigenvalue weighted by atomic mass is 127. The number of thiazole rings is 1. The fourth-order valence-electron chi connectivity index (χ4n) is 5.31. The summed E-state index contributed by atoms with van der Waals surface area (Å²) in [6, 6.07) is 29.3. The van der Waals surface area contributed by atoms with Crippen molar-refractivity contribution < 1.29 is 33.3 Å². The Bertz CT molecular complexity index is 1700. The summed E-state index contributed by atoms with van der Waals surface area (Å²) < 4.78 is 12.6. The number of nitrogens with zero attached hydrogens (tertiary/aromatic N) is 3. The van der Waals surface area contributed by atoms with E-state index in [1.165, 1.54) is 10.5 Å². The number of hydrogen-bond acceptors (Lipinski definition) is 5. The van der Waals surface area contributed by atoms with Gasteiger partial charge in [0.25, 0.3) is 5.56 Å². The standard InChI is InChI=1S/C31H30N3O2S2.HI/c1-4-33-25(36-28(22-16-10-7-11-17-22)27(33)21-14-8-6-9-15-21)20-26-34(5-2)30(35)29(38-26)31-32(3)23-18-12-13-19-24(23)37-31;/h6-20,27-28H,4-5H2,1-3H3;1H/q+1;/p-1/b31-29-;. The van der Waals surface area contributed by atoms with Gasteiger partial charge in [0, 0.05) is 24.1 Å². The van der Waals surface area contributed by atoms with Crippen molar-refractivity contribution in [3.63, 3.8) is 0 Å². The molecule has 0 bridgehead atoms. The summed E-state index contributed by atoms with van der Waals surface area (Å²) in [6.45, 7) is 5.57. The van der Waals surface area contributed by atoms with Crippen LogP contribution in [0.15, 0.2) is 94.6 Å². The van der Waals surface area contributed by atoms with Gasteiger partial charge in [0.2, 0.25) is 6.04 Å². The second-order valence-corrected chi connectivity index (χ2v) is 11.4. The lowest BCUT2D eigenvalue weighted by atomic mass is 9.96. The molecule has 39 heavy (non-hydrogen) atoms. The minimum Gasteiger partial charge on any atom is -1.00 e. The second kappa shape index (κ2) is 11.7. The average Bonchev–Trinajstić information content (AvgIpc) is 3.60. The molecule has 2 unspecified atom stereocenters. The first-order valence-corrected chi connectivity index (χ1v) is 14.6. The molecule has 2 atom stereocenters. The van der Waals surface area contributed by atoms with Crippen LogP contribution < -0.4 is 43.6 Å². The van der Waals surface area contributed by atoms with E-state index in [-0.39, 0.29) is 41.7 Å². The number of hydrogen-bond donors (Lipinski definition) is 0. The van der Waals surface area contributed by atoms with Crippen LogP contribution in [0.1, 0.15) is 37.1 Å². The normalized spacial score (nSPS) is 20.2. The van der Waals surface area contributed by atoms with Gasteiger partial charge in [-0.1, -0.05) is 84.6 Å². The lowest BCUT2D eigenvalue weighted by Gasteiger charge is -2.16. The molecule has 2 aliphatic heterocycles. The molecular formula is C31H30IN3O2S2. The predicted octanol–water partition coefficient (Wildman–Crippen LogP) is 1.97. The third-order valence-corrected chi connectivity index (χ3v) is 9.66. The highest BCUT2D eigenvalue weighted by Gasteiger charge is 2.44. The van der Waals surface area contributed by atoms with E-state index < -0.39 is 0 Å². The second-order valence-electron chi connectivity index (χ2n) is 9.33. The van der Waals surface area contributed by atoms with Crippen molar-refractivity contribution in [3.8, 4) is 0 Å². The first kappa shape index (κ1) is 27.7. The van der Waals surface area contributed by atoms with E-state index in [2.05, 4.69) is 83.1 Å². The van der Waals surface area contributed by atoms with E-state index in [1.54, 1.807) is 23.1 Å². The van der Waals surface area contributed by atoms with Crippen LogP contribution in [0.2, 0.25) is 0 Å². The number of ether oxygens (including phenoxy) is 1. The maximum Gasteiger partial charge on any atom is 0.366 e. The largest absolute Gasteiger partial charge is 1.00 e. The maximum atomic E-state index is 13.6. The summed E-state index contributed by atoms with van der Waals surface area (Å²) in [4.78, 5) is 16.9. The summed E-state index contributed by atoms with van der Waals surface area (Å²) in [6.07, 6.45) is 1.92. The number of likely N-dealkylation sites (N-methyl/N-ethyl adjacent to an activating group) is 1. The summed E-state index contributed by atoms with van der Waals surface area (Å²) in [5.41, 5.74) is 3.53. The maximum absolute atomic E-state index is 13.6. The van der Waals surface area contributed by atoms with E-state index >= 15 is 0 Å². The Morgan fingerprint density at radius 3 is 2.21 bits per heavy atom. The van der Waals surface area contributed by atoms with Crippen molar-refractivity contribution in [2.24, 2.45) is 0 Å². The number of aromatic nitrogens is 1. The van der Waals surface area contributed by atoms with E-state index in [4.69, 9.17) is 4.74 Å². The molecule has 3 heterocycles. The van der Waals surface area contributed by atoms with Crippen molar-refractivity contribution in [3.05, 3.63) is 116 Å². The fraction of sp³-hybridized carbons (Fsp3) is 0.226. The Morgan fingerprint density at radius 1 is 0.923 bits per heavy atom. The van der Waals surface area contributed by atoms with Crippen LogP contribution in [0.25, 0.3) is 11.1 Å². The quantitative estimate of drug-likeness (QED) is 0.241. The van der Waals surface area contributed by atoms with Gasteiger partial charge in [-0.3, -0.25) is 9.36 Å². The number of rotatable bonds is 5. The van der Waals surface area contributed by atoms with Gasteiger partial charge in [0.15, 0.2) is 6.10 Å². The number of fused-ring (bicyclic) bond motifs is 1. The zero-order valence-corrected chi connectivity index (χ0v) is 25.9. The Balaban J connectivity index is 0.00000308. The molecule has 0 saturated carbocycles. The van der Waals surface area contributed by atoms with E-state index in [0.717, 1.165) is 37.9 Å². The molecule has 8 heteroatoms. The molecule has 0 saturated heterocycles. The average molecular weight is 668 g/mol. The lowest BCUT2D eigenvalue weighted by molar-refractivity contribution is -0.562. The van der Waals surface area contributed by atoms with Crippen molar-refractivity contribution in [1.29, 1.82) is 0 Å². The van der Waals surface area contributed by atoms with E-state index in [1.807, 2.05) is 42.8 Å². The van der Waals surface area contributed by atoms with Crippen LogP contribution in [0.4, 0.5) is 5.69 Å². The zero-order valence-electron chi connectivity index (χ0n) is 22.1. The van der Waals surface area contributed by atoms with E-state index in [0.29, 0.717) is 6.54 Å². The molecule has 1 aromatic heterocycles. The Morgan fingerprint density at radius 2 is 1.56 bits per heavy atom. The zero-order chi connectivity index (χ0) is 26.2. The molecule has 0 amide bonds. The molecule has 5 nitrogen and oxygen atoms in total. The van der Waals surface area contributed by atoms with Crippen LogP contribution in [0.5, 0.6) is 0 Å². The summed E-state index contributed by atoms with van der Waals surface area (Å²) >= 11 is 3.21. The Hall–Kier alpha value is -2.82. The van der Waals surface area contributed by atoms with Crippen LogP contribution in [-0.4, -0.2) is 28.6 Å². The molecule has 0 aliphatic carbocycles. The third kappa shape index (κ3) is 4.98. The van der Waals surface area contributed by atoms with Gasteiger partial charge in [0.1, 0.15) is 20.8 Å². The summed E-state index contributed by atoms with van der Waals surface area (Å²) in [7, 11) is 2.04. The van der Waals surface area contributed by atoms with Crippen LogP contribution in [0.3, 0.4) is 0 Å². The minimum absolute atomic E-state index is 0. The lowest BCUT2D eigenvalue weighted by Crippen LogP contribution is -3.00. The SMILES string of the molecule is CCn1c(=CC2=[N+](CC)C(c3ccccc3)C(c3ccccc3)O2)s/c(=C2\Sc3ccccc3N2C)c1=O.[I-]. The fourth-order valence-corrected chi connectivity index (χ4v) is 7.75. The van der Waals surface area contributed by atoms with Gasteiger partial charge in [-0.2, -0.15) is 4.58 Å². The summed E-state index contributed by atoms with van der Waals surface area (Å²) in [5.74, 6) is 0.797.